The van der Waals surface area contributed by atoms with Gasteiger partial charge >= 0.3 is 0 Å². The highest BCUT2D eigenvalue weighted by atomic mass is 34.0. The lowest BCUT2D eigenvalue weighted by Gasteiger charge is -2.02. The molecule has 0 aromatic rings. The van der Waals surface area contributed by atoms with Crippen molar-refractivity contribution in [3.63, 3.8) is 0 Å². The molecule has 0 aliphatic carbocycles. The van der Waals surface area contributed by atoms with E-state index in [1.54, 1.807) is 0 Å². The summed E-state index contributed by atoms with van der Waals surface area (Å²) in [5.41, 5.74) is 0. The van der Waals surface area contributed by atoms with Crippen molar-refractivity contribution in [1.29, 1.82) is 0 Å². The van der Waals surface area contributed by atoms with E-state index in [9.17, 15) is 0 Å². The standard InChI is InChI=1S/C12H24S9/c1-2-4-6-8-10-12-14-16-18-20-21-19-17-15-13-11-9-7-5-3-1/h1-12H2. The zero-order chi connectivity index (χ0) is 14.8. The van der Waals surface area contributed by atoms with Crippen molar-refractivity contribution in [3.05, 3.63) is 0 Å². The fourth-order valence-electron chi connectivity index (χ4n) is 1.90. The summed E-state index contributed by atoms with van der Waals surface area (Å²) in [6.45, 7) is 0. The van der Waals surface area contributed by atoms with Crippen LogP contribution in [0.25, 0.3) is 0 Å². The molecule has 0 aromatic carbocycles. The molecule has 0 aromatic heterocycles. The lowest BCUT2D eigenvalue weighted by Crippen LogP contribution is -1.83. The molecule has 0 nitrogen and oxygen atoms in total. The van der Waals surface area contributed by atoms with Crippen molar-refractivity contribution < 1.29 is 0 Å². The van der Waals surface area contributed by atoms with Crippen molar-refractivity contribution in [2.45, 2.75) is 64.2 Å². The van der Waals surface area contributed by atoms with Crippen LogP contribution in [0.15, 0.2) is 0 Å². The molecule has 0 saturated carbocycles. The molecule has 1 rings (SSSR count). The van der Waals surface area contributed by atoms with E-state index in [2.05, 4.69) is 0 Å². The van der Waals surface area contributed by atoms with Gasteiger partial charge in [0.2, 0.25) is 0 Å². The Bertz CT molecular complexity index is 113. The van der Waals surface area contributed by atoms with E-state index in [0.717, 1.165) is 0 Å². The minimum atomic E-state index is 1.32. The van der Waals surface area contributed by atoms with Gasteiger partial charge in [0, 0.05) is 11.5 Å². The van der Waals surface area contributed by atoms with Gasteiger partial charge in [-0.1, -0.05) is 73.0 Å². The molecule has 1 aliphatic heterocycles. The molecule has 1 heterocycles. The summed E-state index contributed by atoms with van der Waals surface area (Å²) in [5, 5.41) is 0. The quantitative estimate of drug-likeness (QED) is 0.323. The maximum atomic E-state index is 2.03. The van der Waals surface area contributed by atoms with Gasteiger partial charge in [-0.3, -0.25) is 0 Å². The van der Waals surface area contributed by atoms with Crippen LogP contribution in [0.2, 0.25) is 0 Å². The summed E-state index contributed by atoms with van der Waals surface area (Å²) < 4.78 is 0. The topological polar surface area (TPSA) is 0 Å². The van der Waals surface area contributed by atoms with E-state index in [1.807, 2.05) is 90.4 Å². The molecule has 0 amide bonds. The second kappa shape index (κ2) is 19.5. The molecule has 0 spiro atoms. The summed E-state index contributed by atoms with van der Waals surface area (Å²) in [4.78, 5) is 0. The van der Waals surface area contributed by atoms with E-state index in [1.165, 1.54) is 75.7 Å². The van der Waals surface area contributed by atoms with Gasteiger partial charge in [-0.15, -0.1) is 0 Å². The molecule has 0 atom stereocenters. The first-order valence-corrected chi connectivity index (χ1v) is 19.2. The molecule has 0 bridgehead atoms. The number of hydrogen-bond acceptors (Lipinski definition) is 9. The van der Waals surface area contributed by atoms with E-state index < -0.39 is 0 Å². The average Bonchev–Trinajstić information content (AvgIpc) is 2.50. The third-order valence-corrected chi connectivity index (χ3v) is 20.7. The Balaban J connectivity index is 2.00. The molecular formula is C12H24S9. The molecular weight excluding hydrogens is 433 g/mol. The van der Waals surface area contributed by atoms with Gasteiger partial charge in [-0.05, 0) is 81.6 Å². The Labute approximate surface area is 164 Å². The predicted molar refractivity (Wildman–Crippen MR) is 124 cm³/mol. The Hall–Kier alpha value is 3.15. The van der Waals surface area contributed by atoms with E-state index >= 15 is 0 Å². The first kappa shape index (κ1) is 22.2. The number of hydrogen-bond donors (Lipinski definition) is 0. The first-order valence-electron chi connectivity index (χ1n) is 7.41. The monoisotopic (exact) mass is 456 g/mol. The van der Waals surface area contributed by atoms with Crippen LogP contribution in [0.4, 0.5) is 0 Å². The van der Waals surface area contributed by atoms with Gasteiger partial charge in [0.15, 0.2) is 0 Å². The molecule has 1 aliphatic rings. The summed E-state index contributed by atoms with van der Waals surface area (Å²) >= 11 is 0. The van der Waals surface area contributed by atoms with Crippen LogP contribution in [0.5, 0.6) is 0 Å². The van der Waals surface area contributed by atoms with Crippen LogP contribution < -0.4 is 0 Å². The predicted octanol–water partition coefficient (Wildman–Crippen LogP) is 9.82. The van der Waals surface area contributed by atoms with Crippen LogP contribution in [-0.4, -0.2) is 11.5 Å². The van der Waals surface area contributed by atoms with Crippen LogP contribution >= 0.6 is 90.4 Å². The van der Waals surface area contributed by atoms with Gasteiger partial charge < -0.3 is 0 Å². The summed E-state index contributed by atoms with van der Waals surface area (Å²) in [5.74, 6) is 2.63. The molecule has 9 heteroatoms. The van der Waals surface area contributed by atoms with E-state index in [0.29, 0.717) is 0 Å². The Morgan fingerprint density at radius 3 is 0.952 bits per heavy atom. The smallest absolute Gasteiger partial charge is 0.00454 e. The van der Waals surface area contributed by atoms with Crippen LogP contribution in [0.1, 0.15) is 64.2 Å². The Kier molecular flexibility index (Phi) is 20.6. The zero-order valence-electron chi connectivity index (χ0n) is 12.2. The SMILES string of the molecule is C1CCCCCCSSSSSSSSSCCCCC1. The van der Waals surface area contributed by atoms with E-state index in [4.69, 9.17) is 0 Å². The van der Waals surface area contributed by atoms with Crippen molar-refractivity contribution in [2.24, 2.45) is 0 Å². The van der Waals surface area contributed by atoms with Crippen LogP contribution in [0.3, 0.4) is 0 Å². The summed E-state index contributed by atoms with van der Waals surface area (Å²) in [6, 6.07) is 0. The largest absolute Gasteiger partial charge is 0.0817 e. The lowest BCUT2D eigenvalue weighted by molar-refractivity contribution is 0.564. The minimum absolute atomic E-state index is 1.32. The Morgan fingerprint density at radius 1 is 0.286 bits per heavy atom. The average molecular weight is 457 g/mol. The van der Waals surface area contributed by atoms with Crippen LogP contribution in [0, 0.1) is 0 Å². The molecule has 1 saturated heterocycles. The molecule has 0 unspecified atom stereocenters. The molecule has 126 valence electrons. The fourth-order valence-corrected chi connectivity index (χ4v) is 21.9. The normalized spacial score (nSPS) is 24.0. The van der Waals surface area contributed by atoms with Crippen molar-refractivity contribution in [1.82, 2.24) is 0 Å². The van der Waals surface area contributed by atoms with Crippen molar-refractivity contribution >= 4 is 90.4 Å². The van der Waals surface area contributed by atoms with Crippen molar-refractivity contribution in [2.75, 3.05) is 11.5 Å². The molecule has 0 N–H and O–H groups in total. The van der Waals surface area contributed by atoms with Crippen molar-refractivity contribution in [3.8, 4) is 0 Å². The molecule has 21 heavy (non-hydrogen) atoms. The Morgan fingerprint density at radius 2 is 0.571 bits per heavy atom. The maximum absolute atomic E-state index is 2.03. The number of rotatable bonds is 0. The fraction of sp³-hybridized carbons (Fsp3) is 1.00. The zero-order valence-corrected chi connectivity index (χ0v) is 19.5. The van der Waals surface area contributed by atoms with Gasteiger partial charge in [0.05, 0.1) is 0 Å². The second-order valence-electron chi connectivity index (χ2n) is 4.66. The third kappa shape index (κ3) is 17.8. The highest BCUT2D eigenvalue weighted by molar-refractivity contribution is 9.51. The first-order chi connectivity index (χ1) is 10.5. The van der Waals surface area contributed by atoms with Gasteiger partial charge in [-0.25, -0.2) is 0 Å². The van der Waals surface area contributed by atoms with E-state index in [-0.39, 0.29) is 0 Å². The van der Waals surface area contributed by atoms with Gasteiger partial charge in [0.25, 0.3) is 0 Å². The second-order valence-corrected chi connectivity index (χ2v) is 19.7. The highest BCUT2D eigenvalue weighted by Gasteiger charge is 1.99. The van der Waals surface area contributed by atoms with Crippen LogP contribution in [-0.2, 0) is 0 Å². The minimum Gasteiger partial charge on any atom is -0.0817 e. The summed E-state index contributed by atoms with van der Waals surface area (Å²) in [6.07, 6.45) is 14.4. The lowest BCUT2D eigenvalue weighted by atomic mass is 10.1. The summed E-state index contributed by atoms with van der Waals surface area (Å²) in [7, 11) is 17.5. The van der Waals surface area contributed by atoms with Gasteiger partial charge in [0.1, 0.15) is 0 Å². The highest BCUT2D eigenvalue weighted by Crippen LogP contribution is 2.58. The van der Waals surface area contributed by atoms with Gasteiger partial charge in [-0.2, -0.15) is 0 Å². The maximum Gasteiger partial charge on any atom is 0.00454 e. The molecule has 0 radical (unpaired) electrons. The third-order valence-electron chi connectivity index (χ3n) is 2.97. The molecule has 1 fully saturated rings.